The van der Waals surface area contributed by atoms with E-state index >= 15 is 0 Å². The first kappa shape index (κ1) is 13.5. The number of carbonyl (C=O) groups excluding carboxylic acids is 1. The highest BCUT2D eigenvalue weighted by molar-refractivity contribution is 7.98. The fourth-order valence-corrected chi connectivity index (χ4v) is 1.38. The van der Waals surface area contributed by atoms with Crippen LogP contribution in [0.2, 0.25) is 0 Å². The van der Waals surface area contributed by atoms with E-state index in [1.807, 2.05) is 6.26 Å². The van der Waals surface area contributed by atoms with Crippen molar-refractivity contribution in [2.24, 2.45) is 5.84 Å². The fraction of sp³-hybridized carbons (Fsp3) is 0.444. The van der Waals surface area contributed by atoms with Crippen LogP contribution in [0.4, 0.5) is 11.6 Å². The molecule has 0 spiro atoms. The number of anilines is 2. The first-order valence-electron chi connectivity index (χ1n) is 4.90. The number of thioether (sulfide) groups is 1. The molecule has 1 aromatic heterocycles. The molecular formula is C9H16N6OS. The molecule has 1 aromatic rings. The SMILES string of the molecule is CSc1nc(NN)cc(NCC(=O)N(C)C)n1. The summed E-state index contributed by atoms with van der Waals surface area (Å²) in [6.07, 6.45) is 1.87. The number of carbonyl (C=O) groups is 1. The average Bonchev–Trinajstić information content (AvgIpc) is 2.35. The molecule has 0 aliphatic carbocycles. The summed E-state index contributed by atoms with van der Waals surface area (Å²) in [5.41, 5.74) is 2.45. The number of hydrogen-bond donors (Lipinski definition) is 3. The summed E-state index contributed by atoms with van der Waals surface area (Å²) in [6, 6.07) is 1.64. The molecule has 0 bridgehead atoms. The topological polar surface area (TPSA) is 96.2 Å². The van der Waals surface area contributed by atoms with Crippen LogP contribution in [-0.2, 0) is 4.79 Å². The van der Waals surface area contributed by atoms with Gasteiger partial charge in [0.05, 0.1) is 6.54 Å². The van der Waals surface area contributed by atoms with E-state index in [9.17, 15) is 4.79 Å². The van der Waals surface area contributed by atoms with E-state index in [4.69, 9.17) is 5.84 Å². The van der Waals surface area contributed by atoms with Crippen LogP contribution in [0, 0.1) is 0 Å². The van der Waals surface area contributed by atoms with Crippen LogP contribution in [-0.4, -0.2) is 47.7 Å². The molecular weight excluding hydrogens is 240 g/mol. The van der Waals surface area contributed by atoms with Gasteiger partial charge in [0.2, 0.25) is 5.91 Å². The number of hydrazine groups is 1. The van der Waals surface area contributed by atoms with E-state index in [1.165, 1.54) is 16.7 Å². The number of hydrogen-bond acceptors (Lipinski definition) is 7. The largest absolute Gasteiger partial charge is 0.361 e. The first-order valence-corrected chi connectivity index (χ1v) is 6.13. The second-order valence-electron chi connectivity index (χ2n) is 3.41. The summed E-state index contributed by atoms with van der Waals surface area (Å²) >= 11 is 1.40. The molecule has 1 rings (SSSR count). The third kappa shape index (κ3) is 4.08. The molecule has 1 amide bonds. The normalized spacial score (nSPS) is 9.88. The Labute approximate surface area is 104 Å². The zero-order chi connectivity index (χ0) is 12.8. The van der Waals surface area contributed by atoms with Gasteiger partial charge in [-0.15, -0.1) is 0 Å². The number of nitrogens with one attached hydrogen (secondary N) is 2. The lowest BCUT2D eigenvalue weighted by Gasteiger charge is -2.12. The second kappa shape index (κ2) is 6.26. The Balaban J connectivity index is 2.73. The minimum absolute atomic E-state index is 0.0310. The quantitative estimate of drug-likeness (QED) is 0.295. The summed E-state index contributed by atoms with van der Waals surface area (Å²) in [6.45, 7) is 0.182. The van der Waals surface area contributed by atoms with Gasteiger partial charge in [0.15, 0.2) is 5.16 Å². The Morgan fingerprint density at radius 1 is 1.47 bits per heavy atom. The van der Waals surface area contributed by atoms with Gasteiger partial charge in [0.1, 0.15) is 11.6 Å². The smallest absolute Gasteiger partial charge is 0.241 e. The lowest BCUT2D eigenvalue weighted by molar-refractivity contribution is -0.126. The van der Waals surface area contributed by atoms with E-state index in [0.29, 0.717) is 16.8 Å². The van der Waals surface area contributed by atoms with Crippen LogP contribution in [0.5, 0.6) is 0 Å². The summed E-state index contributed by atoms with van der Waals surface area (Å²) in [5.74, 6) is 6.33. The lowest BCUT2D eigenvalue weighted by Crippen LogP contribution is -2.28. The van der Waals surface area contributed by atoms with Gasteiger partial charge in [-0.05, 0) is 6.26 Å². The summed E-state index contributed by atoms with van der Waals surface area (Å²) in [4.78, 5) is 21.2. The van der Waals surface area contributed by atoms with Crippen LogP contribution < -0.4 is 16.6 Å². The van der Waals surface area contributed by atoms with Gasteiger partial charge >= 0.3 is 0 Å². The van der Waals surface area contributed by atoms with E-state index in [1.54, 1.807) is 20.2 Å². The van der Waals surface area contributed by atoms with Crippen LogP contribution >= 0.6 is 11.8 Å². The predicted molar refractivity (Wildman–Crippen MR) is 68.8 cm³/mol. The third-order valence-electron chi connectivity index (χ3n) is 1.96. The second-order valence-corrected chi connectivity index (χ2v) is 4.18. The van der Waals surface area contributed by atoms with Gasteiger partial charge in [0, 0.05) is 20.2 Å². The van der Waals surface area contributed by atoms with Crippen LogP contribution in [0.25, 0.3) is 0 Å². The molecule has 0 atom stereocenters. The maximum Gasteiger partial charge on any atom is 0.241 e. The van der Waals surface area contributed by atoms with Crippen molar-refractivity contribution in [2.75, 3.05) is 37.6 Å². The molecule has 0 saturated carbocycles. The molecule has 8 heteroatoms. The van der Waals surface area contributed by atoms with Crippen molar-refractivity contribution in [1.82, 2.24) is 14.9 Å². The summed E-state index contributed by atoms with van der Waals surface area (Å²) < 4.78 is 0. The van der Waals surface area contributed by atoms with Crippen molar-refractivity contribution in [1.29, 1.82) is 0 Å². The molecule has 1 heterocycles. The molecule has 0 aromatic carbocycles. The number of nitrogens with two attached hydrogens (primary N) is 1. The Kier molecular flexibility index (Phi) is 4.98. The molecule has 94 valence electrons. The van der Waals surface area contributed by atoms with Gasteiger partial charge in [0.25, 0.3) is 0 Å². The van der Waals surface area contributed by atoms with Crippen molar-refractivity contribution < 1.29 is 4.79 Å². The minimum atomic E-state index is -0.0310. The predicted octanol–water partition coefficient (Wildman–Crippen LogP) is -0.0158. The van der Waals surface area contributed by atoms with E-state index < -0.39 is 0 Å². The molecule has 0 aliphatic heterocycles. The first-order chi connectivity index (χ1) is 8.06. The van der Waals surface area contributed by atoms with Crippen LogP contribution in [0.1, 0.15) is 0 Å². The highest BCUT2D eigenvalue weighted by Crippen LogP contribution is 2.16. The maximum atomic E-state index is 11.4. The maximum absolute atomic E-state index is 11.4. The van der Waals surface area contributed by atoms with Crippen molar-refractivity contribution >= 4 is 29.3 Å². The molecule has 0 aliphatic rings. The summed E-state index contributed by atoms with van der Waals surface area (Å²) in [7, 11) is 3.40. The van der Waals surface area contributed by atoms with Crippen molar-refractivity contribution in [3.05, 3.63) is 6.07 Å². The molecule has 17 heavy (non-hydrogen) atoms. The number of likely N-dealkylation sites (N-methyl/N-ethyl adjacent to an activating group) is 1. The Hall–Kier alpha value is -1.54. The Morgan fingerprint density at radius 2 is 2.12 bits per heavy atom. The number of nitrogen functional groups attached to an aromatic ring is 1. The highest BCUT2D eigenvalue weighted by atomic mass is 32.2. The van der Waals surface area contributed by atoms with E-state index in [0.717, 1.165) is 0 Å². The van der Waals surface area contributed by atoms with E-state index in [2.05, 4.69) is 20.7 Å². The Bertz CT molecular complexity index is 375. The molecule has 0 unspecified atom stereocenters. The number of nitrogens with zero attached hydrogens (tertiary/aromatic N) is 3. The van der Waals surface area contributed by atoms with Gasteiger partial charge in [-0.3, -0.25) is 4.79 Å². The lowest BCUT2D eigenvalue weighted by atomic mass is 10.5. The van der Waals surface area contributed by atoms with Gasteiger partial charge in [-0.25, -0.2) is 15.8 Å². The third-order valence-corrected chi connectivity index (χ3v) is 2.50. The van der Waals surface area contributed by atoms with Gasteiger partial charge < -0.3 is 15.6 Å². The average molecular weight is 256 g/mol. The number of amides is 1. The van der Waals surface area contributed by atoms with Crippen LogP contribution in [0.3, 0.4) is 0 Å². The van der Waals surface area contributed by atoms with Crippen molar-refractivity contribution in [2.45, 2.75) is 5.16 Å². The van der Waals surface area contributed by atoms with Crippen LogP contribution in [0.15, 0.2) is 11.2 Å². The standard InChI is InChI=1S/C9H16N6OS/c1-15(2)8(16)5-11-6-4-7(14-10)13-9(12-6)17-3/h4H,5,10H2,1-3H3,(H2,11,12,13,14). The molecule has 7 nitrogen and oxygen atoms in total. The number of aromatic nitrogens is 2. The fourth-order valence-electron chi connectivity index (χ4n) is 1.01. The highest BCUT2D eigenvalue weighted by Gasteiger charge is 2.06. The Morgan fingerprint density at radius 3 is 2.65 bits per heavy atom. The monoisotopic (exact) mass is 256 g/mol. The van der Waals surface area contributed by atoms with Gasteiger partial charge in [-0.1, -0.05) is 11.8 Å². The minimum Gasteiger partial charge on any atom is -0.361 e. The molecule has 0 radical (unpaired) electrons. The zero-order valence-electron chi connectivity index (χ0n) is 10.0. The molecule has 0 saturated heterocycles. The zero-order valence-corrected chi connectivity index (χ0v) is 10.8. The molecule has 4 N–H and O–H groups in total. The number of rotatable bonds is 5. The van der Waals surface area contributed by atoms with E-state index in [-0.39, 0.29) is 12.5 Å². The molecule has 0 fully saturated rings. The van der Waals surface area contributed by atoms with Gasteiger partial charge in [-0.2, -0.15) is 0 Å². The summed E-state index contributed by atoms with van der Waals surface area (Å²) in [5, 5.41) is 3.51. The van der Waals surface area contributed by atoms with Crippen molar-refractivity contribution in [3.8, 4) is 0 Å². The van der Waals surface area contributed by atoms with Crippen molar-refractivity contribution in [3.63, 3.8) is 0 Å².